The summed E-state index contributed by atoms with van der Waals surface area (Å²) in [6, 6.07) is -2.05. The van der Waals surface area contributed by atoms with Gasteiger partial charge in [0.15, 0.2) is 61.7 Å². The first-order valence-corrected chi connectivity index (χ1v) is 15.0. The molecule has 0 spiro atoms. The number of halogens is 1. The van der Waals surface area contributed by atoms with Gasteiger partial charge in [0, 0.05) is 13.5 Å². The van der Waals surface area contributed by atoms with Gasteiger partial charge in [-0.2, -0.15) is 14.7 Å². The van der Waals surface area contributed by atoms with E-state index in [1.165, 1.54) is 0 Å². The summed E-state index contributed by atoms with van der Waals surface area (Å²) >= 11 is 0. The maximum atomic E-state index is 16.5. The van der Waals surface area contributed by atoms with Gasteiger partial charge in [0.25, 0.3) is 23.6 Å². The van der Waals surface area contributed by atoms with Gasteiger partial charge in [-0.3, -0.25) is 19.2 Å². The zero-order valence-electron chi connectivity index (χ0n) is 28.2. The van der Waals surface area contributed by atoms with E-state index >= 15 is 4.39 Å². The molecule has 0 aromatic heterocycles. The third-order valence-corrected chi connectivity index (χ3v) is 8.73. The van der Waals surface area contributed by atoms with Crippen LogP contribution >= 0.6 is 0 Å². The number of likely N-dealkylation sites (tertiary alicyclic amines) is 1. The Bertz CT molecular complexity index is 1920. The summed E-state index contributed by atoms with van der Waals surface area (Å²) < 4.78 is 20.9. The monoisotopic (exact) mass is 794 g/mol. The van der Waals surface area contributed by atoms with Crippen LogP contribution in [0, 0.1) is 5.82 Å². The van der Waals surface area contributed by atoms with Crippen LogP contribution in [0.25, 0.3) is 0 Å². The van der Waals surface area contributed by atoms with Crippen LogP contribution in [0.1, 0.15) is 24.0 Å². The highest BCUT2D eigenvalue weighted by molar-refractivity contribution is 6.16. The number of hydrogen-bond acceptors (Lipinski definition) is 24. The average Bonchev–Trinajstić information content (AvgIpc) is 3.45. The number of carbonyl (C=O) groups is 3. The number of aliphatic hydroxyl groups excluding tert-OH is 3. The van der Waals surface area contributed by atoms with Gasteiger partial charge in [-0.1, -0.05) is 6.58 Å². The first-order chi connectivity index (χ1) is 24.9. The fourth-order valence-electron chi connectivity index (χ4n) is 6.02. The molecule has 0 radical (unpaired) electrons. The summed E-state index contributed by atoms with van der Waals surface area (Å²) in [5, 5.41) is 175. The molecule has 18 N–H and O–H groups in total. The Morgan fingerprint density at radius 2 is 1.56 bits per heavy atom. The fraction of sp³-hybridized carbons (Fsp3) is 0.423. The lowest BCUT2D eigenvalue weighted by Crippen LogP contribution is -2.85. The lowest BCUT2D eigenvalue weighted by molar-refractivity contribution is -0.564. The number of hydrogen-bond donors (Lipinski definition) is 18. The number of aliphatic hydroxyl groups is 13. The molecule has 302 valence electrons. The minimum Gasteiger partial charge on any atom is -0.505 e. The van der Waals surface area contributed by atoms with Gasteiger partial charge in [0.1, 0.15) is 34.6 Å². The summed E-state index contributed by atoms with van der Waals surface area (Å²) in [5.41, 5.74) is -15.0. The van der Waals surface area contributed by atoms with Crippen LogP contribution in [-0.2, 0) is 40.7 Å². The molecule has 0 aliphatic carbocycles. The number of rotatable bonds is 10. The lowest BCUT2D eigenvalue weighted by atomic mass is 9.77. The molecule has 55 heavy (non-hydrogen) atoms. The number of ether oxygens (including phenoxy) is 1. The number of nitrogens with one attached hydrogen (secondary N) is 2. The number of aldehydes is 1. The van der Waals surface area contributed by atoms with Gasteiger partial charge in [-0.05, 0) is 6.42 Å². The maximum absolute atomic E-state index is 16.5. The van der Waals surface area contributed by atoms with Gasteiger partial charge in [0.2, 0.25) is 11.7 Å². The number of phenols is 3. The van der Waals surface area contributed by atoms with Crippen LogP contribution in [-0.4, -0.2) is 167 Å². The van der Waals surface area contributed by atoms with Crippen LogP contribution in [0.3, 0.4) is 0 Å². The SMILES string of the molecule is BC1(O)OC(O)(O)C(B)(O)N2C(O)(c3c(O)c(O)c(O)c(C(O)(O)N/C(O)=C4/C(=C(/O)C(=C)O)C(=O)N(C(CCC=O)C(=O)NC)C4(O)O)c3F)OOC21O. The summed E-state index contributed by atoms with van der Waals surface area (Å²) in [5.74, 6) is -38.0. The first-order valence-electron chi connectivity index (χ1n) is 15.0. The van der Waals surface area contributed by atoms with Crippen molar-refractivity contribution in [1.82, 2.24) is 20.4 Å². The smallest absolute Gasteiger partial charge is 0.316 e. The Balaban J connectivity index is 1.99. The number of carbonyl (C=O) groups excluding carboxylic acids is 3. The highest BCUT2D eigenvalue weighted by atomic mass is 19.1. The van der Waals surface area contributed by atoms with Gasteiger partial charge >= 0.3 is 11.9 Å². The molecular formula is C26H33B2FN4O22. The van der Waals surface area contributed by atoms with Crippen molar-refractivity contribution in [2.24, 2.45) is 0 Å². The van der Waals surface area contributed by atoms with Crippen LogP contribution in [0.4, 0.5) is 4.39 Å². The van der Waals surface area contributed by atoms with Gasteiger partial charge in [0.05, 0.1) is 0 Å². The number of benzene rings is 1. The summed E-state index contributed by atoms with van der Waals surface area (Å²) in [7, 11) is 1.70. The molecule has 4 rings (SSSR count). The van der Waals surface area contributed by atoms with E-state index in [1.54, 1.807) is 0 Å². The normalized spacial score (nSPS) is 31.4. The third-order valence-electron chi connectivity index (χ3n) is 8.73. The molecule has 0 saturated carbocycles. The van der Waals surface area contributed by atoms with E-state index < -0.39 is 139 Å². The summed E-state index contributed by atoms with van der Waals surface area (Å²) in [6.45, 7) is 2.92. The molecule has 3 aliphatic heterocycles. The van der Waals surface area contributed by atoms with Crippen LogP contribution in [0.5, 0.6) is 17.2 Å². The molecule has 5 unspecified atom stereocenters. The second-order valence-corrected chi connectivity index (χ2v) is 12.4. The number of nitrogens with zero attached hydrogens (tertiary/aromatic N) is 2. The van der Waals surface area contributed by atoms with Gasteiger partial charge in [-0.15, -0.1) is 0 Å². The van der Waals surface area contributed by atoms with Crippen molar-refractivity contribution in [3.8, 4) is 17.2 Å². The first kappa shape index (κ1) is 42.9. The van der Waals surface area contributed by atoms with Crippen molar-refractivity contribution >= 4 is 33.8 Å². The Labute approximate surface area is 305 Å². The molecule has 3 fully saturated rings. The predicted octanol–water partition coefficient (Wildman–Crippen LogP) is -8.91. The number of phenolic OH excluding ortho intramolecular Hbond substituents is 3. The van der Waals surface area contributed by atoms with Crippen molar-refractivity contribution in [3.05, 3.63) is 52.1 Å². The van der Waals surface area contributed by atoms with E-state index in [0.717, 1.165) is 12.4 Å². The van der Waals surface area contributed by atoms with E-state index in [2.05, 4.69) is 21.1 Å². The number of fused-ring (bicyclic) bond motifs is 1. The highest BCUT2D eigenvalue weighted by Crippen LogP contribution is 2.58. The maximum Gasteiger partial charge on any atom is 0.316 e. The molecule has 3 heterocycles. The van der Waals surface area contributed by atoms with E-state index in [9.17, 15) is 96.1 Å². The fourth-order valence-corrected chi connectivity index (χ4v) is 6.02. The van der Waals surface area contributed by atoms with Crippen LogP contribution in [0.15, 0.2) is 35.1 Å². The average molecular weight is 794 g/mol. The molecule has 29 heteroatoms. The molecule has 2 amide bonds. The van der Waals surface area contributed by atoms with E-state index in [-0.39, 0.29) is 19.0 Å². The zero-order chi connectivity index (χ0) is 42.4. The van der Waals surface area contributed by atoms with Crippen LogP contribution in [0.2, 0.25) is 0 Å². The molecule has 5 atom stereocenters. The Morgan fingerprint density at radius 1 is 1.00 bits per heavy atom. The second-order valence-electron chi connectivity index (χ2n) is 12.4. The van der Waals surface area contributed by atoms with Crippen molar-refractivity contribution in [3.63, 3.8) is 0 Å². The van der Waals surface area contributed by atoms with Crippen molar-refractivity contribution in [1.29, 1.82) is 0 Å². The van der Waals surface area contributed by atoms with Crippen molar-refractivity contribution in [2.75, 3.05) is 7.05 Å². The lowest BCUT2D eigenvalue weighted by Gasteiger charge is -2.57. The van der Waals surface area contributed by atoms with E-state index in [0.29, 0.717) is 7.85 Å². The topological polar surface area (TPSA) is 433 Å². The summed E-state index contributed by atoms with van der Waals surface area (Å²) in [6.07, 6.45) is -0.962. The van der Waals surface area contributed by atoms with Crippen molar-refractivity contribution < 1.29 is 115 Å². The van der Waals surface area contributed by atoms with E-state index in [4.69, 9.17) is 0 Å². The second kappa shape index (κ2) is 13.1. The standard InChI is InChI=1S/C26H33B2FN4O22/c1-6(35)13(36)8-9(21(45,46)32(19(8)42)7(4-3-5-34)17(40)30-2)18(41)31-20(43,44)10-12(29)11(15(38)16(39)14(10)37)22(47)33-23(27,48)26(51,52)53-24(28,49)25(33,50)55-54-22/h5,7,31,35-39,41,43-52H,1,3-4,27-28H2,2H3,(H,30,40)/b13-8-,18-9+. The molecule has 0 bridgehead atoms. The largest absolute Gasteiger partial charge is 0.505 e. The number of aromatic hydroxyl groups is 3. The zero-order valence-corrected chi connectivity index (χ0v) is 28.2. The molecule has 3 saturated heterocycles. The van der Waals surface area contributed by atoms with Gasteiger partial charge < -0.3 is 97.1 Å². The number of morpholine rings is 1. The van der Waals surface area contributed by atoms with Crippen LogP contribution < -0.4 is 10.6 Å². The molecule has 3 aliphatic rings. The third kappa shape index (κ3) is 5.98. The molecule has 1 aromatic carbocycles. The molecular weight excluding hydrogens is 761 g/mol. The molecule has 26 nitrogen and oxygen atoms in total. The number of likely N-dealkylation sites (N-methyl/N-ethyl adjacent to an activating group) is 1. The van der Waals surface area contributed by atoms with Gasteiger partial charge in [-0.25, -0.2) is 4.39 Å². The summed E-state index contributed by atoms with van der Waals surface area (Å²) in [4.78, 5) is 45.3. The van der Waals surface area contributed by atoms with E-state index in [1.807, 2.05) is 5.32 Å². The minimum absolute atomic E-state index is 0.171. The van der Waals surface area contributed by atoms with Crippen molar-refractivity contribution in [2.45, 2.75) is 59.8 Å². The highest BCUT2D eigenvalue weighted by Gasteiger charge is 2.81. The Morgan fingerprint density at radius 3 is 2.07 bits per heavy atom. The Kier molecular flexibility index (Phi) is 10.2. The predicted molar refractivity (Wildman–Crippen MR) is 167 cm³/mol. The molecule has 1 aromatic rings. The Hall–Kier alpha value is -4.85. The number of amides is 2. The quantitative estimate of drug-likeness (QED) is 0.0199. The minimum atomic E-state index is -4.56.